The Kier molecular flexibility index (Phi) is 5.57. The molecule has 5 rings (SSSR count). The summed E-state index contributed by atoms with van der Waals surface area (Å²) < 4.78 is 0. The van der Waals surface area contributed by atoms with Crippen LogP contribution in [0, 0.1) is 5.92 Å². The molecule has 31 heavy (non-hydrogen) atoms. The van der Waals surface area contributed by atoms with Crippen molar-refractivity contribution in [3.8, 4) is 11.3 Å². The van der Waals surface area contributed by atoms with Gasteiger partial charge in [0, 0.05) is 43.6 Å². The molecular weight excluding hydrogens is 392 g/mol. The fraction of sp³-hybridized carbons (Fsp3) is 0.435. The molecule has 4 heterocycles. The Morgan fingerprint density at radius 1 is 1.16 bits per heavy atom. The summed E-state index contributed by atoms with van der Waals surface area (Å²) in [5, 5.41) is 17.4. The average Bonchev–Trinajstić information content (AvgIpc) is 3.29. The van der Waals surface area contributed by atoms with Gasteiger partial charge in [-0.2, -0.15) is 4.98 Å². The van der Waals surface area contributed by atoms with Crippen LogP contribution in [-0.2, 0) is 0 Å². The van der Waals surface area contributed by atoms with E-state index in [0.29, 0.717) is 29.6 Å². The van der Waals surface area contributed by atoms with E-state index in [1.54, 1.807) is 0 Å². The van der Waals surface area contributed by atoms with Crippen molar-refractivity contribution in [1.82, 2.24) is 20.3 Å². The molecule has 8 nitrogen and oxygen atoms in total. The zero-order valence-electron chi connectivity index (χ0n) is 17.5. The van der Waals surface area contributed by atoms with E-state index < -0.39 is 0 Å². The third kappa shape index (κ3) is 4.13. The van der Waals surface area contributed by atoms with E-state index >= 15 is 0 Å². The normalized spacial score (nSPS) is 21.5. The number of aliphatic hydroxyl groups excluding tert-OH is 1. The van der Waals surface area contributed by atoms with Crippen LogP contribution in [0.1, 0.15) is 19.3 Å². The number of hydrogen-bond donors (Lipinski definition) is 4. The first-order valence-electron chi connectivity index (χ1n) is 11.0. The molecule has 162 valence electrons. The average molecular weight is 421 g/mol. The fourth-order valence-corrected chi connectivity index (χ4v) is 4.50. The summed E-state index contributed by atoms with van der Waals surface area (Å²) in [7, 11) is 0. The van der Waals surface area contributed by atoms with Gasteiger partial charge in [0.05, 0.1) is 11.2 Å². The Bertz CT molecular complexity index is 1120. The van der Waals surface area contributed by atoms with Gasteiger partial charge in [-0.05, 0) is 37.9 Å². The van der Waals surface area contributed by atoms with Gasteiger partial charge in [0.25, 0.3) is 5.56 Å². The number of hydrogen-bond acceptors (Lipinski definition) is 7. The molecule has 0 spiro atoms. The van der Waals surface area contributed by atoms with E-state index in [4.69, 9.17) is 9.97 Å². The lowest BCUT2D eigenvalue weighted by molar-refractivity contribution is 0.238. The topological polar surface area (TPSA) is 106 Å². The Morgan fingerprint density at radius 2 is 2.06 bits per heavy atom. The van der Waals surface area contributed by atoms with Crippen LogP contribution in [0.4, 0.5) is 11.8 Å². The number of pyridine rings is 1. The monoisotopic (exact) mass is 420 g/mol. The van der Waals surface area contributed by atoms with E-state index in [9.17, 15) is 9.90 Å². The highest BCUT2D eigenvalue weighted by Gasteiger charge is 2.26. The second kappa shape index (κ2) is 8.64. The highest BCUT2D eigenvalue weighted by molar-refractivity contribution is 5.83. The van der Waals surface area contributed by atoms with Crippen molar-refractivity contribution < 1.29 is 5.11 Å². The summed E-state index contributed by atoms with van der Waals surface area (Å²) in [6, 6.07) is 12.0. The molecule has 0 aliphatic carbocycles. The zero-order chi connectivity index (χ0) is 21.2. The molecule has 2 aliphatic rings. The molecule has 2 aromatic heterocycles. The van der Waals surface area contributed by atoms with Gasteiger partial charge in [-0.3, -0.25) is 9.78 Å². The van der Waals surface area contributed by atoms with Gasteiger partial charge >= 0.3 is 0 Å². The number of H-pyrrole nitrogens is 1. The molecule has 8 heteroatoms. The Balaban J connectivity index is 1.57. The van der Waals surface area contributed by atoms with Crippen LogP contribution in [0.3, 0.4) is 0 Å². The quantitative estimate of drug-likeness (QED) is 0.500. The number of nitrogens with one attached hydrogen (secondary N) is 3. The van der Waals surface area contributed by atoms with Crippen LogP contribution in [0.5, 0.6) is 0 Å². The maximum absolute atomic E-state index is 13.3. The van der Waals surface area contributed by atoms with Crippen LogP contribution in [0.15, 0.2) is 41.2 Å². The lowest BCUT2D eigenvalue weighted by Crippen LogP contribution is -2.39. The maximum Gasteiger partial charge on any atom is 0.263 e. The van der Waals surface area contributed by atoms with Gasteiger partial charge in [0.15, 0.2) is 0 Å². The molecule has 2 aliphatic heterocycles. The number of aromatic amines is 1. The van der Waals surface area contributed by atoms with Gasteiger partial charge in [0.1, 0.15) is 11.4 Å². The molecular formula is C23H28N6O2. The van der Waals surface area contributed by atoms with Gasteiger partial charge in [-0.25, -0.2) is 4.98 Å². The zero-order valence-corrected chi connectivity index (χ0v) is 17.5. The van der Waals surface area contributed by atoms with Crippen molar-refractivity contribution >= 4 is 22.7 Å². The number of rotatable bonds is 5. The summed E-state index contributed by atoms with van der Waals surface area (Å²) in [4.78, 5) is 27.9. The number of piperidine rings is 1. The Hall–Kier alpha value is -2.97. The molecule has 0 radical (unpaired) electrons. The minimum absolute atomic E-state index is 0.151. The van der Waals surface area contributed by atoms with Gasteiger partial charge in [-0.1, -0.05) is 24.3 Å². The van der Waals surface area contributed by atoms with Crippen LogP contribution >= 0.6 is 0 Å². The second-order valence-corrected chi connectivity index (χ2v) is 8.47. The first-order valence-corrected chi connectivity index (χ1v) is 11.0. The molecule has 2 unspecified atom stereocenters. The molecule has 3 aromatic rings. The third-order valence-electron chi connectivity index (χ3n) is 6.24. The Labute approximate surface area is 180 Å². The molecule has 0 bridgehead atoms. The van der Waals surface area contributed by atoms with Crippen molar-refractivity contribution in [1.29, 1.82) is 0 Å². The number of anilines is 2. The molecule has 1 aromatic carbocycles. The smallest absolute Gasteiger partial charge is 0.263 e. The predicted molar refractivity (Wildman–Crippen MR) is 123 cm³/mol. The summed E-state index contributed by atoms with van der Waals surface area (Å²) in [5.74, 6) is 1.34. The highest BCUT2D eigenvalue weighted by atomic mass is 16.3. The first-order chi connectivity index (χ1) is 15.2. The minimum Gasteiger partial charge on any atom is -0.396 e. The summed E-state index contributed by atoms with van der Waals surface area (Å²) in [6.07, 6.45) is 3.00. The van der Waals surface area contributed by atoms with Crippen molar-refractivity contribution in [3.05, 3.63) is 46.8 Å². The van der Waals surface area contributed by atoms with Crippen LogP contribution in [0.25, 0.3) is 22.2 Å². The number of aliphatic hydroxyl groups is 1. The first kappa shape index (κ1) is 20.0. The maximum atomic E-state index is 13.3. The fourth-order valence-electron chi connectivity index (χ4n) is 4.50. The SMILES string of the molecule is O=c1[nH]c(N2CCC(CO)C2)nc(NC2CCCNC2)c1-c1ccc2ccccc2n1. The van der Waals surface area contributed by atoms with Crippen molar-refractivity contribution in [2.45, 2.75) is 25.3 Å². The molecule has 4 N–H and O–H groups in total. The van der Waals surface area contributed by atoms with Crippen molar-refractivity contribution in [2.75, 3.05) is 43.0 Å². The molecule has 0 saturated carbocycles. The standard InChI is InChI=1S/C23H28N6O2/c30-14-15-9-11-29(13-15)23-27-21(25-17-5-3-10-24-12-17)20(22(31)28-23)19-8-7-16-4-1-2-6-18(16)26-19/h1-2,4,6-8,15,17,24,30H,3,5,9-14H2,(H2,25,27,28,31). The molecule has 0 amide bonds. The highest BCUT2D eigenvalue weighted by Crippen LogP contribution is 2.28. The predicted octanol–water partition coefficient (Wildman–Crippen LogP) is 1.97. The van der Waals surface area contributed by atoms with Gasteiger partial charge in [0.2, 0.25) is 5.95 Å². The summed E-state index contributed by atoms with van der Waals surface area (Å²) >= 11 is 0. The van der Waals surface area contributed by atoms with E-state index in [-0.39, 0.29) is 24.1 Å². The van der Waals surface area contributed by atoms with Gasteiger partial charge < -0.3 is 20.6 Å². The molecule has 2 saturated heterocycles. The van der Waals surface area contributed by atoms with Crippen molar-refractivity contribution in [2.24, 2.45) is 5.92 Å². The van der Waals surface area contributed by atoms with E-state index in [1.807, 2.05) is 41.3 Å². The van der Waals surface area contributed by atoms with E-state index in [2.05, 4.69) is 15.6 Å². The largest absolute Gasteiger partial charge is 0.396 e. The van der Waals surface area contributed by atoms with Gasteiger partial charge in [-0.15, -0.1) is 0 Å². The van der Waals surface area contributed by atoms with Crippen LogP contribution in [-0.4, -0.2) is 58.9 Å². The van der Waals surface area contributed by atoms with Crippen LogP contribution < -0.4 is 21.1 Å². The minimum atomic E-state index is -0.202. The van der Waals surface area contributed by atoms with E-state index in [0.717, 1.165) is 49.8 Å². The number of fused-ring (bicyclic) bond motifs is 1. The number of para-hydroxylation sites is 1. The van der Waals surface area contributed by atoms with Crippen molar-refractivity contribution in [3.63, 3.8) is 0 Å². The Morgan fingerprint density at radius 3 is 2.87 bits per heavy atom. The summed E-state index contributed by atoms with van der Waals surface area (Å²) in [6.45, 7) is 3.47. The van der Waals surface area contributed by atoms with E-state index in [1.165, 1.54) is 0 Å². The lowest BCUT2D eigenvalue weighted by atomic mass is 10.1. The lowest BCUT2D eigenvalue weighted by Gasteiger charge is -2.26. The second-order valence-electron chi connectivity index (χ2n) is 8.47. The molecule has 2 atom stereocenters. The van der Waals surface area contributed by atoms with Crippen LogP contribution in [0.2, 0.25) is 0 Å². The number of nitrogens with zero attached hydrogens (tertiary/aromatic N) is 3. The number of aromatic nitrogens is 3. The molecule has 2 fully saturated rings. The summed E-state index contributed by atoms with van der Waals surface area (Å²) in [5.41, 5.74) is 1.73. The third-order valence-corrected chi connectivity index (χ3v) is 6.24. The number of benzene rings is 1.